The third-order valence-corrected chi connectivity index (χ3v) is 4.12. The Balaban J connectivity index is 1.59. The minimum absolute atomic E-state index is 0.154. The predicted molar refractivity (Wildman–Crippen MR) is 82.0 cm³/mol. The molecule has 8 heteroatoms. The zero-order valence-electron chi connectivity index (χ0n) is 13.2. The molecule has 1 N–H and O–H groups in total. The lowest BCUT2D eigenvalue weighted by molar-refractivity contribution is 0.0620. The van der Waals surface area contributed by atoms with Crippen LogP contribution in [-0.4, -0.2) is 57.2 Å². The summed E-state index contributed by atoms with van der Waals surface area (Å²) in [5.74, 6) is 0.691. The molecular weight excluding hydrogens is 298 g/mol. The standard InChI is InChI=1S/C15H19N5O3/c1-10-12(11(2)23-18-10)9-19-5-7-20(8-6-19)15(22)13-3-4-14(21)17-16-13/h3-4H,5-9H2,1-2H3,(H,17,21). The van der Waals surface area contributed by atoms with Crippen molar-refractivity contribution in [1.82, 2.24) is 25.2 Å². The first-order chi connectivity index (χ1) is 11.0. The summed E-state index contributed by atoms with van der Waals surface area (Å²) in [6, 6.07) is 2.77. The first kappa shape index (κ1) is 15.4. The van der Waals surface area contributed by atoms with Crippen LogP contribution >= 0.6 is 0 Å². The van der Waals surface area contributed by atoms with Gasteiger partial charge in [-0.15, -0.1) is 0 Å². The smallest absolute Gasteiger partial charge is 0.274 e. The summed E-state index contributed by atoms with van der Waals surface area (Å²) in [6.07, 6.45) is 0. The molecule has 0 bridgehead atoms. The van der Waals surface area contributed by atoms with Crippen molar-refractivity contribution in [2.45, 2.75) is 20.4 Å². The highest BCUT2D eigenvalue weighted by atomic mass is 16.5. The summed E-state index contributed by atoms with van der Waals surface area (Å²) in [7, 11) is 0. The number of aryl methyl sites for hydroxylation is 2. The third kappa shape index (κ3) is 3.31. The molecule has 1 fully saturated rings. The molecule has 23 heavy (non-hydrogen) atoms. The zero-order chi connectivity index (χ0) is 16.4. The maximum atomic E-state index is 12.3. The van der Waals surface area contributed by atoms with Gasteiger partial charge in [0.15, 0.2) is 0 Å². The van der Waals surface area contributed by atoms with Crippen molar-refractivity contribution in [3.63, 3.8) is 0 Å². The fourth-order valence-electron chi connectivity index (χ4n) is 2.69. The van der Waals surface area contributed by atoms with Crippen molar-refractivity contribution >= 4 is 5.91 Å². The second-order valence-corrected chi connectivity index (χ2v) is 5.68. The van der Waals surface area contributed by atoms with Gasteiger partial charge in [0.05, 0.1) is 5.69 Å². The van der Waals surface area contributed by atoms with E-state index in [1.807, 2.05) is 13.8 Å². The Morgan fingerprint density at radius 1 is 1.26 bits per heavy atom. The molecule has 2 aromatic heterocycles. The van der Waals surface area contributed by atoms with Gasteiger partial charge >= 0.3 is 0 Å². The number of aromatic nitrogens is 3. The summed E-state index contributed by atoms with van der Waals surface area (Å²) in [5, 5.41) is 10.1. The van der Waals surface area contributed by atoms with E-state index < -0.39 is 0 Å². The van der Waals surface area contributed by atoms with Crippen LogP contribution in [0.1, 0.15) is 27.5 Å². The quantitative estimate of drug-likeness (QED) is 0.876. The molecule has 0 saturated carbocycles. The molecule has 1 amide bonds. The highest BCUT2D eigenvalue weighted by Gasteiger charge is 2.24. The lowest BCUT2D eigenvalue weighted by atomic mass is 10.1. The first-order valence-electron chi connectivity index (χ1n) is 7.53. The van der Waals surface area contributed by atoms with Gasteiger partial charge in [0.1, 0.15) is 11.5 Å². The van der Waals surface area contributed by atoms with E-state index in [2.05, 4.69) is 20.3 Å². The molecular formula is C15H19N5O3. The van der Waals surface area contributed by atoms with Crippen LogP contribution in [0.2, 0.25) is 0 Å². The summed E-state index contributed by atoms with van der Waals surface area (Å²) < 4.78 is 5.19. The fraction of sp³-hybridized carbons (Fsp3) is 0.467. The number of carbonyl (C=O) groups is 1. The lowest BCUT2D eigenvalue weighted by Crippen LogP contribution is -2.48. The normalized spacial score (nSPS) is 15.8. The van der Waals surface area contributed by atoms with E-state index in [-0.39, 0.29) is 17.2 Å². The molecule has 1 aliphatic heterocycles. The van der Waals surface area contributed by atoms with E-state index in [0.29, 0.717) is 13.1 Å². The second-order valence-electron chi connectivity index (χ2n) is 5.68. The largest absolute Gasteiger partial charge is 0.361 e. The molecule has 1 aliphatic rings. The van der Waals surface area contributed by atoms with Gasteiger partial charge in [-0.25, -0.2) is 5.10 Å². The van der Waals surface area contributed by atoms with Gasteiger partial charge in [-0.1, -0.05) is 5.16 Å². The highest BCUT2D eigenvalue weighted by molar-refractivity contribution is 5.92. The number of nitrogens with one attached hydrogen (secondary N) is 1. The van der Waals surface area contributed by atoms with Crippen LogP contribution in [0.5, 0.6) is 0 Å². The number of nitrogens with zero attached hydrogens (tertiary/aromatic N) is 4. The minimum Gasteiger partial charge on any atom is -0.361 e. The van der Waals surface area contributed by atoms with E-state index in [1.54, 1.807) is 4.90 Å². The molecule has 3 rings (SSSR count). The summed E-state index contributed by atoms with van der Waals surface area (Å²) in [4.78, 5) is 27.4. The van der Waals surface area contributed by atoms with E-state index in [1.165, 1.54) is 12.1 Å². The fourth-order valence-corrected chi connectivity index (χ4v) is 2.69. The number of hydrogen-bond acceptors (Lipinski definition) is 6. The minimum atomic E-state index is -0.314. The van der Waals surface area contributed by atoms with Crippen LogP contribution in [0, 0.1) is 13.8 Å². The Kier molecular flexibility index (Phi) is 4.24. The maximum Gasteiger partial charge on any atom is 0.274 e. The van der Waals surface area contributed by atoms with E-state index in [0.717, 1.165) is 36.7 Å². The molecule has 0 aromatic carbocycles. The predicted octanol–water partition coefficient (Wildman–Crippen LogP) is 0.333. The molecule has 3 heterocycles. The van der Waals surface area contributed by atoms with Crippen molar-refractivity contribution in [3.8, 4) is 0 Å². The Morgan fingerprint density at radius 2 is 2.00 bits per heavy atom. The summed E-state index contributed by atoms with van der Waals surface area (Å²) in [5.41, 5.74) is 1.99. The molecule has 0 spiro atoms. The van der Waals surface area contributed by atoms with E-state index in [9.17, 15) is 9.59 Å². The second kappa shape index (κ2) is 6.33. The van der Waals surface area contributed by atoms with Gasteiger partial charge in [-0.2, -0.15) is 5.10 Å². The van der Waals surface area contributed by atoms with Crippen LogP contribution < -0.4 is 5.56 Å². The van der Waals surface area contributed by atoms with Crippen LogP contribution in [0.3, 0.4) is 0 Å². The van der Waals surface area contributed by atoms with Gasteiger partial charge in [0, 0.05) is 44.4 Å². The molecule has 1 saturated heterocycles. The van der Waals surface area contributed by atoms with Crippen LogP contribution in [-0.2, 0) is 6.54 Å². The molecule has 0 radical (unpaired) electrons. The van der Waals surface area contributed by atoms with E-state index in [4.69, 9.17) is 4.52 Å². The SMILES string of the molecule is Cc1noc(C)c1CN1CCN(C(=O)c2ccc(=O)[nH]n2)CC1. The summed E-state index contributed by atoms with van der Waals surface area (Å²) >= 11 is 0. The number of aromatic amines is 1. The zero-order valence-corrected chi connectivity index (χ0v) is 13.2. The average Bonchev–Trinajstić information content (AvgIpc) is 2.87. The summed E-state index contributed by atoms with van der Waals surface area (Å²) in [6.45, 7) is 7.44. The molecule has 2 aromatic rings. The third-order valence-electron chi connectivity index (χ3n) is 4.12. The number of hydrogen-bond donors (Lipinski definition) is 1. The number of H-pyrrole nitrogens is 1. The molecule has 0 unspecified atom stereocenters. The van der Waals surface area contributed by atoms with Gasteiger partial charge in [0.2, 0.25) is 0 Å². The molecule has 0 aliphatic carbocycles. The Hall–Kier alpha value is -2.48. The molecule has 8 nitrogen and oxygen atoms in total. The average molecular weight is 317 g/mol. The molecule has 0 atom stereocenters. The van der Waals surface area contributed by atoms with Crippen molar-refractivity contribution < 1.29 is 9.32 Å². The monoisotopic (exact) mass is 317 g/mol. The number of amides is 1. The first-order valence-corrected chi connectivity index (χ1v) is 7.53. The Morgan fingerprint density at radius 3 is 2.57 bits per heavy atom. The van der Waals surface area contributed by atoms with Gasteiger partial charge < -0.3 is 9.42 Å². The van der Waals surface area contributed by atoms with Crippen LogP contribution in [0.25, 0.3) is 0 Å². The Bertz CT molecular complexity index is 719. The number of carbonyl (C=O) groups excluding carboxylic acids is 1. The topological polar surface area (TPSA) is 95.3 Å². The molecule has 122 valence electrons. The number of rotatable bonds is 3. The lowest BCUT2D eigenvalue weighted by Gasteiger charge is -2.34. The van der Waals surface area contributed by atoms with E-state index >= 15 is 0 Å². The maximum absolute atomic E-state index is 12.3. The van der Waals surface area contributed by atoms with Crippen LogP contribution in [0.15, 0.2) is 21.5 Å². The highest BCUT2D eigenvalue weighted by Crippen LogP contribution is 2.16. The van der Waals surface area contributed by atoms with Crippen molar-refractivity contribution in [2.24, 2.45) is 0 Å². The van der Waals surface area contributed by atoms with Crippen molar-refractivity contribution in [2.75, 3.05) is 26.2 Å². The van der Waals surface area contributed by atoms with Crippen molar-refractivity contribution in [3.05, 3.63) is 45.2 Å². The number of piperazine rings is 1. The Labute approximate surface area is 133 Å². The van der Waals surface area contributed by atoms with Gasteiger partial charge in [-0.3, -0.25) is 14.5 Å². The van der Waals surface area contributed by atoms with Crippen molar-refractivity contribution in [1.29, 1.82) is 0 Å². The van der Waals surface area contributed by atoms with Gasteiger partial charge in [-0.05, 0) is 19.9 Å². The van der Waals surface area contributed by atoms with Crippen LogP contribution in [0.4, 0.5) is 0 Å². The van der Waals surface area contributed by atoms with Gasteiger partial charge in [0.25, 0.3) is 11.5 Å².